The van der Waals surface area contributed by atoms with Crippen LogP contribution in [0.3, 0.4) is 0 Å². The van der Waals surface area contributed by atoms with Gasteiger partial charge in [-0.2, -0.15) is 0 Å². The molecule has 2 aliphatic heterocycles. The average molecular weight is 606 g/mol. The summed E-state index contributed by atoms with van der Waals surface area (Å²) in [5.74, 6) is 0. The Morgan fingerprint density at radius 1 is 0.696 bits per heavy atom. The molecular formula is C41H26BN2OS. The van der Waals surface area contributed by atoms with Crippen LogP contribution < -0.4 is 15.8 Å². The van der Waals surface area contributed by atoms with Crippen LogP contribution in [0.5, 0.6) is 0 Å². The topological polar surface area (TPSA) is 32.2 Å². The Morgan fingerprint density at radius 2 is 1.46 bits per heavy atom. The van der Waals surface area contributed by atoms with Gasteiger partial charge in [0.05, 0.1) is 16.9 Å². The SMILES string of the molecule is CC1(C)c2ccccc2N2c3c(cccc31)[B]c1c(-c3cccc4c3[nH]c3sc5ccccc5c34)cc3c(oc4ccccc43)c12. The fraction of sp³-hybridized carbons (Fsp3) is 0.0732. The van der Waals surface area contributed by atoms with Crippen molar-refractivity contribution in [2.24, 2.45) is 0 Å². The van der Waals surface area contributed by atoms with E-state index in [0.717, 1.165) is 27.6 Å². The third kappa shape index (κ3) is 3.00. The molecule has 0 spiro atoms. The van der Waals surface area contributed by atoms with Gasteiger partial charge in [0, 0.05) is 48.3 Å². The summed E-state index contributed by atoms with van der Waals surface area (Å²) >= 11 is 1.84. The second-order valence-corrected chi connectivity index (χ2v) is 14.2. The van der Waals surface area contributed by atoms with Crippen LogP contribution in [0.1, 0.15) is 25.0 Å². The number of rotatable bonds is 1. The van der Waals surface area contributed by atoms with E-state index in [-0.39, 0.29) is 5.41 Å². The minimum atomic E-state index is -0.140. The first-order chi connectivity index (χ1) is 22.6. The van der Waals surface area contributed by atoms with Gasteiger partial charge in [-0.15, -0.1) is 11.3 Å². The number of aromatic amines is 1. The van der Waals surface area contributed by atoms with Crippen LogP contribution >= 0.6 is 11.3 Å². The number of nitrogens with one attached hydrogen (secondary N) is 1. The normalized spacial score (nSPS) is 14.6. The Kier molecular flexibility index (Phi) is 4.62. The summed E-state index contributed by atoms with van der Waals surface area (Å²) in [6.07, 6.45) is 0. The Balaban J connectivity index is 1.30. The van der Waals surface area contributed by atoms with E-state index in [1.807, 2.05) is 11.3 Å². The van der Waals surface area contributed by atoms with Gasteiger partial charge >= 0.3 is 0 Å². The van der Waals surface area contributed by atoms with E-state index >= 15 is 0 Å². The van der Waals surface area contributed by atoms with Gasteiger partial charge in [-0.05, 0) is 46.4 Å². The van der Waals surface area contributed by atoms with Gasteiger partial charge < -0.3 is 14.3 Å². The van der Waals surface area contributed by atoms with Crippen molar-refractivity contribution < 1.29 is 4.42 Å². The molecule has 0 saturated carbocycles. The average Bonchev–Trinajstić information content (AvgIpc) is 3.76. The predicted octanol–water partition coefficient (Wildman–Crippen LogP) is 10.2. The van der Waals surface area contributed by atoms with E-state index in [9.17, 15) is 0 Å². The number of thiophene rings is 1. The summed E-state index contributed by atoms with van der Waals surface area (Å²) in [5, 5.41) is 6.16. The molecule has 1 radical (unpaired) electrons. The summed E-state index contributed by atoms with van der Waals surface area (Å²) in [6.45, 7) is 4.70. The molecule has 3 nitrogen and oxygen atoms in total. The highest BCUT2D eigenvalue weighted by Crippen LogP contribution is 2.54. The number of aromatic nitrogens is 1. The lowest BCUT2D eigenvalue weighted by atomic mass is 9.55. The molecule has 0 fully saturated rings. The third-order valence-electron chi connectivity index (χ3n) is 10.4. The number of furan rings is 1. The van der Waals surface area contributed by atoms with Gasteiger partial charge in [-0.3, -0.25) is 0 Å². The minimum Gasteiger partial charge on any atom is -0.454 e. The summed E-state index contributed by atoms with van der Waals surface area (Å²) in [6, 6.07) is 42.0. The largest absolute Gasteiger partial charge is 0.454 e. The molecule has 1 N–H and O–H groups in total. The van der Waals surface area contributed by atoms with Crippen molar-refractivity contribution >= 4 is 99.7 Å². The molecule has 3 aromatic heterocycles. The van der Waals surface area contributed by atoms with Crippen molar-refractivity contribution in [2.45, 2.75) is 19.3 Å². The standard InChI is InChI=1S/C41H26BN2OS/c1-41(2)28-15-5-6-18-31(28)44-37-29(41)16-10-17-30(37)42-35-26(21-27-22-11-3-7-19-32(22)45-39(27)38(35)44)23-13-9-14-25-34-24-12-4-8-20-33(24)46-40(34)43-36(23)25/h3-21,43H,1-2H3. The van der Waals surface area contributed by atoms with Crippen molar-refractivity contribution in [1.82, 2.24) is 4.98 Å². The van der Waals surface area contributed by atoms with E-state index in [2.05, 4.69) is 146 Å². The van der Waals surface area contributed by atoms with Crippen LogP contribution in [0.4, 0.5) is 17.1 Å². The molecule has 5 heterocycles. The van der Waals surface area contributed by atoms with Gasteiger partial charge in [-0.25, -0.2) is 0 Å². The van der Waals surface area contributed by atoms with E-state index in [4.69, 9.17) is 4.42 Å². The minimum absolute atomic E-state index is 0.140. The first-order valence-electron chi connectivity index (χ1n) is 15.9. The number of H-pyrrole nitrogens is 1. The zero-order valence-electron chi connectivity index (χ0n) is 25.3. The van der Waals surface area contributed by atoms with Crippen molar-refractivity contribution in [3.05, 3.63) is 126 Å². The molecule has 0 unspecified atom stereocenters. The number of nitrogens with zero attached hydrogens (tertiary/aromatic N) is 1. The molecule has 9 aromatic rings. The van der Waals surface area contributed by atoms with Crippen LogP contribution in [-0.2, 0) is 5.41 Å². The van der Waals surface area contributed by atoms with Crippen LogP contribution in [0.15, 0.2) is 120 Å². The fourth-order valence-electron chi connectivity index (χ4n) is 8.36. The Bertz CT molecular complexity index is 2780. The molecule has 46 heavy (non-hydrogen) atoms. The number of hydrogen-bond acceptors (Lipinski definition) is 3. The smallest absolute Gasteiger partial charge is 0.198 e. The summed E-state index contributed by atoms with van der Waals surface area (Å²) < 4.78 is 8.14. The Labute approximate surface area is 269 Å². The molecular weight excluding hydrogens is 579 g/mol. The molecule has 215 valence electrons. The van der Waals surface area contributed by atoms with Gasteiger partial charge in [0.25, 0.3) is 0 Å². The zero-order valence-corrected chi connectivity index (χ0v) is 26.1. The highest BCUT2D eigenvalue weighted by Gasteiger charge is 2.42. The van der Waals surface area contributed by atoms with Crippen LogP contribution in [-0.4, -0.2) is 12.3 Å². The van der Waals surface area contributed by atoms with Gasteiger partial charge in [0.2, 0.25) is 0 Å². The Hall–Kier alpha value is -5.26. The lowest BCUT2D eigenvalue weighted by Crippen LogP contribution is -2.45. The molecule has 6 aromatic carbocycles. The second-order valence-electron chi connectivity index (χ2n) is 13.2. The lowest BCUT2D eigenvalue weighted by Gasteiger charge is -2.45. The molecule has 0 atom stereocenters. The molecule has 0 bridgehead atoms. The van der Waals surface area contributed by atoms with Gasteiger partial charge in [-0.1, -0.05) is 110 Å². The van der Waals surface area contributed by atoms with Crippen molar-refractivity contribution in [3.8, 4) is 11.1 Å². The van der Waals surface area contributed by atoms with Crippen LogP contribution in [0.25, 0.3) is 64.3 Å². The van der Waals surface area contributed by atoms with Gasteiger partial charge in [0.15, 0.2) is 12.9 Å². The molecule has 0 saturated heterocycles. The molecule has 2 aliphatic rings. The summed E-state index contributed by atoms with van der Waals surface area (Å²) in [5.41, 5.74) is 13.9. The second kappa shape index (κ2) is 8.51. The third-order valence-corrected chi connectivity index (χ3v) is 11.5. The maximum absolute atomic E-state index is 6.82. The fourth-order valence-corrected chi connectivity index (χ4v) is 9.49. The predicted molar refractivity (Wildman–Crippen MR) is 196 cm³/mol. The first-order valence-corrected chi connectivity index (χ1v) is 16.7. The van der Waals surface area contributed by atoms with Crippen LogP contribution in [0.2, 0.25) is 0 Å². The number of anilines is 3. The highest BCUT2D eigenvalue weighted by molar-refractivity contribution is 7.25. The van der Waals surface area contributed by atoms with E-state index in [0.29, 0.717) is 0 Å². The van der Waals surface area contributed by atoms with Gasteiger partial charge in [0.1, 0.15) is 10.4 Å². The number of hydrogen-bond donors (Lipinski definition) is 1. The molecule has 5 heteroatoms. The lowest BCUT2D eigenvalue weighted by molar-refractivity contribution is 0.631. The van der Waals surface area contributed by atoms with E-state index in [1.165, 1.54) is 75.8 Å². The number of benzene rings is 6. The molecule has 0 aliphatic carbocycles. The molecule has 0 amide bonds. The number of para-hydroxylation sites is 4. The highest BCUT2D eigenvalue weighted by atomic mass is 32.1. The van der Waals surface area contributed by atoms with Crippen molar-refractivity contribution in [2.75, 3.05) is 4.90 Å². The molecule has 11 rings (SSSR count). The summed E-state index contributed by atoms with van der Waals surface area (Å²) in [4.78, 5) is 7.60. The van der Waals surface area contributed by atoms with Crippen LogP contribution in [0, 0.1) is 0 Å². The first kappa shape index (κ1) is 25.0. The quantitative estimate of drug-likeness (QED) is 0.189. The maximum Gasteiger partial charge on any atom is 0.198 e. The zero-order chi connectivity index (χ0) is 30.3. The maximum atomic E-state index is 6.82. The van der Waals surface area contributed by atoms with E-state index < -0.39 is 0 Å². The number of fused-ring (bicyclic) bond motifs is 13. The Morgan fingerprint density at radius 3 is 2.39 bits per heavy atom. The van der Waals surface area contributed by atoms with Crippen molar-refractivity contribution in [3.63, 3.8) is 0 Å². The monoisotopic (exact) mass is 605 g/mol. The summed E-state index contributed by atoms with van der Waals surface area (Å²) in [7, 11) is 2.40. The van der Waals surface area contributed by atoms with E-state index in [1.54, 1.807) is 0 Å². The van der Waals surface area contributed by atoms with Crippen molar-refractivity contribution in [1.29, 1.82) is 0 Å².